The fourth-order valence-corrected chi connectivity index (χ4v) is 5.23. The second kappa shape index (κ2) is 8.27. The van der Waals surface area contributed by atoms with E-state index in [1.54, 1.807) is 0 Å². The summed E-state index contributed by atoms with van der Waals surface area (Å²) >= 11 is 0. The third-order valence-electron chi connectivity index (χ3n) is 6.74. The molecule has 0 unspecified atom stereocenters. The van der Waals surface area contributed by atoms with Crippen molar-refractivity contribution in [3.05, 3.63) is 53.7 Å². The van der Waals surface area contributed by atoms with E-state index in [4.69, 9.17) is 9.47 Å². The van der Waals surface area contributed by atoms with Crippen molar-refractivity contribution in [1.82, 2.24) is 9.29 Å². The van der Waals surface area contributed by atoms with Gasteiger partial charge in [0.05, 0.1) is 11.7 Å². The molecule has 0 radical (unpaired) electrons. The number of anilines is 1. The molecule has 0 atom stereocenters. The molecule has 1 saturated carbocycles. The normalized spacial score (nSPS) is 16.5. The predicted octanol–water partition coefficient (Wildman–Crippen LogP) is 3.89. The van der Waals surface area contributed by atoms with E-state index >= 15 is 0 Å². The topological polar surface area (TPSA) is 98.7 Å². The molecule has 0 spiro atoms. The molecule has 8 nitrogen and oxygen atoms in total. The van der Waals surface area contributed by atoms with Crippen LogP contribution in [0.2, 0.25) is 0 Å². The summed E-state index contributed by atoms with van der Waals surface area (Å²) < 4.78 is 38.7. The van der Waals surface area contributed by atoms with Crippen LogP contribution in [0.15, 0.2) is 42.5 Å². The second-order valence-electron chi connectivity index (χ2n) is 10.5. The highest BCUT2D eigenvalue weighted by atomic mass is 32.2. The van der Waals surface area contributed by atoms with Crippen molar-refractivity contribution >= 4 is 32.5 Å². The number of carbonyl (C=O) groups excluding carboxylic acids is 1. The summed E-state index contributed by atoms with van der Waals surface area (Å²) in [5.74, 6) is 1.37. The van der Waals surface area contributed by atoms with Gasteiger partial charge in [-0.1, -0.05) is 26.8 Å². The Labute approximate surface area is 205 Å². The lowest BCUT2D eigenvalue weighted by molar-refractivity contribution is -0.118. The Kier molecular flexibility index (Phi) is 5.60. The van der Waals surface area contributed by atoms with Gasteiger partial charge in [0.15, 0.2) is 11.5 Å². The number of fused-ring (bicyclic) bond motifs is 2. The van der Waals surface area contributed by atoms with Gasteiger partial charge in [-0.05, 0) is 54.8 Å². The third kappa shape index (κ3) is 4.62. The van der Waals surface area contributed by atoms with E-state index in [1.165, 1.54) is 0 Å². The van der Waals surface area contributed by atoms with E-state index in [9.17, 15) is 13.2 Å². The maximum atomic E-state index is 13.3. The number of ether oxygens (including phenoxy) is 2. The van der Waals surface area contributed by atoms with Crippen LogP contribution in [0.1, 0.15) is 44.9 Å². The molecule has 1 aromatic heterocycles. The number of hydrogen-bond donors (Lipinski definition) is 2. The zero-order chi connectivity index (χ0) is 25.0. The Morgan fingerprint density at radius 2 is 1.80 bits per heavy atom. The number of amides is 1. The monoisotopic (exact) mass is 497 g/mol. The van der Waals surface area contributed by atoms with Gasteiger partial charge >= 0.3 is 0 Å². The summed E-state index contributed by atoms with van der Waals surface area (Å²) in [4.78, 5) is 13.3. The number of nitrogens with one attached hydrogen (secondary N) is 2. The van der Waals surface area contributed by atoms with Gasteiger partial charge in [-0.15, -0.1) is 0 Å². The Hall–Kier alpha value is -3.04. The first-order chi connectivity index (χ1) is 16.5. The molecule has 2 N–H and O–H groups in total. The molecule has 9 heteroatoms. The Balaban J connectivity index is 1.40. The second-order valence-corrected chi connectivity index (χ2v) is 12.3. The highest BCUT2D eigenvalue weighted by Crippen LogP contribution is 2.51. The molecule has 35 heavy (non-hydrogen) atoms. The molecule has 0 bridgehead atoms. The van der Waals surface area contributed by atoms with E-state index in [-0.39, 0.29) is 18.1 Å². The fourth-order valence-electron chi connectivity index (χ4n) is 4.77. The summed E-state index contributed by atoms with van der Waals surface area (Å²) in [5.41, 5.74) is 3.10. The number of carbonyl (C=O) groups is 1. The van der Waals surface area contributed by atoms with Crippen LogP contribution in [-0.2, 0) is 32.2 Å². The van der Waals surface area contributed by atoms with Crippen molar-refractivity contribution in [3.8, 4) is 11.5 Å². The van der Waals surface area contributed by atoms with Crippen LogP contribution in [0.5, 0.6) is 11.5 Å². The minimum Gasteiger partial charge on any atom is -0.454 e. The van der Waals surface area contributed by atoms with Crippen molar-refractivity contribution in [2.24, 2.45) is 0 Å². The van der Waals surface area contributed by atoms with Crippen LogP contribution in [0.4, 0.5) is 5.69 Å². The summed E-state index contributed by atoms with van der Waals surface area (Å²) in [7, 11) is -3.26. The number of nitrogens with zero attached hydrogens (tertiary/aromatic N) is 1. The zero-order valence-electron chi connectivity index (χ0n) is 20.5. The minimum absolute atomic E-state index is 0.0245. The lowest BCUT2D eigenvalue weighted by atomic mass is 9.92. The number of benzene rings is 2. The van der Waals surface area contributed by atoms with Crippen molar-refractivity contribution in [2.45, 2.75) is 51.0 Å². The SMILES string of the molecule is CC(C)(C)c1cc2cc(NC(=O)C3(c4ccc5c(c4)OCO5)CC3)ccc2n1CCNS(C)(=O)=O. The summed E-state index contributed by atoms with van der Waals surface area (Å²) in [6.45, 7) is 7.43. The summed E-state index contributed by atoms with van der Waals surface area (Å²) in [6, 6.07) is 13.7. The fraction of sp³-hybridized carbons (Fsp3) is 0.423. The van der Waals surface area contributed by atoms with E-state index < -0.39 is 15.4 Å². The van der Waals surface area contributed by atoms with Gasteiger partial charge in [0.1, 0.15) is 0 Å². The molecule has 1 aliphatic carbocycles. The highest BCUT2D eigenvalue weighted by Gasteiger charge is 2.51. The van der Waals surface area contributed by atoms with Crippen molar-refractivity contribution in [2.75, 3.05) is 24.9 Å². The lowest BCUT2D eigenvalue weighted by Crippen LogP contribution is -2.28. The maximum Gasteiger partial charge on any atom is 0.235 e. The van der Waals surface area contributed by atoms with Crippen molar-refractivity contribution in [3.63, 3.8) is 0 Å². The number of rotatable bonds is 7. The van der Waals surface area contributed by atoms with Crippen LogP contribution >= 0.6 is 0 Å². The van der Waals surface area contributed by atoms with Gasteiger partial charge in [0.2, 0.25) is 22.7 Å². The zero-order valence-corrected chi connectivity index (χ0v) is 21.3. The number of sulfonamides is 1. The van der Waals surface area contributed by atoms with Gasteiger partial charge in [-0.2, -0.15) is 0 Å². The lowest BCUT2D eigenvalue weighted by Gasteiger charge is -2.22. The van der Waals surface area contributed by atoms with E-state index in [1.807, 2.05) is 36.4 Å². The first-order valence-electron chi connectivity index (χ1n) is 11.8. The van der Waals surface area contributed by atoms with E-state index in [2.05, 4.69) is 41.4 Å². The van der Waals surface area contributed by atoms with Gasteiger partial charge in [0.25, 0.3) is 0 Å². The minimum atomic E-state index is -3.26. The van der Waals surface area contributed by atoms with E-state index in [0.29, 0.717) is 24.6 Å². The average molecular weight is 498 g/mol. The quantitative estimate of drug-likeness (QED) is 0.516. The van der Waals surface area contributed by atoms with Crippen LogP contribution < -0.4 is 19.5 Å². The average Bonchev–Trinajstić information content (AvgIpc) is 3.31. The van der Waals surface area contributed by atoms with E-state index in [0.717, 1.165) is 46.9 Å². The summed E-state index contributed by atoms with van der Waals surface area (Å²) in [6.07, 6.45) is 2.74. The molecule has 2 aromatic carbocycles. The molecule has 1 fully saturated rings. The van der Waals surface area contributed by atoms with Crippen LogP contribution in [0, 0.1) is 0 Å². The smallest absolute Gasteiger partial charge is 0.235 e. The molecule has 1 aliphatic heterocycles. The van der Waals surface area contributed by atoms with Crippen molar-refractivity contribution < 1.29 is 22.7 Å². The Bertz CT molecular complexity index is 1410. The first kappa shape index (κ1) is 23.7. The largest absolute Gasteiger partial charge is 0.454 e. The highest BCUT2D eigenvalue weighted by molar-refractivity contribution is 7.88. The molecule has 3 aromatic rings. The maximum absolute atomic E-state index is 13.3. The molecule has 0 saturated heterocycles. The van der Waals surface area contributed by atoms with Gasteiger partial charge in [-0.25, -0.2) is 13.1 Å². The molecule has 5 rings (SSSR count). The Morgan fingerprint density at radius 1 is 1.06 bits per heavy atom. The number of hydrogen-bond acceptors (Lipinski definition) is 5. The van der Waals surface area contributed by atoms with Gasteiger partial charge in [0, 0.05) is 40.8 Å². The van der Waals surface area contributed by atoms with Crippen LogP contribution in [0.25, 0.3) is 10.9 Å². The molecular weight excluding hydrogens is 466 g/mol. The van der Waals surface area contributed by atoms with Gasteiger partial charge < -0.3 is 19.4 Å². The molecule has 2 heterocycles. The van der Waals surface area contributed by atoms with Crippen molar-refractivity contribution in [1.29, 1.82) is 0 Å². The van der Waals surface area contributed by atoms with Gasteiger partial charge in [-0.3, -0.25) is 4.79 Å². The third-order valence-corrected chi connectivity index (χ3v) is 7.47. The summed E-state index contributed by atoms with van der Waals surface area (Å²) in [5, 5.41) is 4.12. The molecule has 2 aliphatic rings. The van der Waals surface area contributed by atoms with Crippen LogP contribution in [-0.4, -0.2) is 38.5 Å². The Morgan fingerprint density at radius 3 is 2.49 bits per heavy atom. The van der Waals surface area contributed by atoms with Crippen LogP contribution in [0.3, 0.4) is 0 Å². The molecular formula is C26H31N3O5S. The molecule has 186 valence electrons. The number of aromatic nitrogens is 1. The molecule has 1 amide bonds. The predicted molar refractivity (Wildman–Crippen MR) is 136 cm³/mol. The standard InChI is InChI=1S/C26H31N3O5S/c1-25(2,3)23-14-17-13-19(6-7-20(17)29(23)12-11-27-35(4,31)32)28-24(30)26(9-10-26)18-5-8-21-22(15-18)34-16-33-21/h5-8,13-15,27H,9-12,16H2,1-4H3,(H,28,30). The first-order valence-corrected chi connectivity index (χ1v) is 13.7.